The van der Waals surface area contributed by atoms with E-state index in [0.717, 1.165) is 17.9 Å². The van der Waals surface area contributed by atoms with Crippen LogP contribution in [0.1, 0.15) is 6.92 Å². The fourth-order valence-electron chi connectivity index (χ4n) is 1.29. The molecule has 1 heterocycles. The summed E-state index contributed by atoms with van der Waals surface area (Å²) < 4.78 is 5.37. The standard InChI is InChI=1S/C10H11NO.CO2/c1-2-12-9-3-4-10-8(7-9)5-6-11-10;2-1-3/h3-7,11H,2H2,1H3;. The molecule has 0 unspecified atom stereocenters. The highest BCUT2D eigenvalue weighted by Gasteiger charge is 1.95. The van der Waals surface area contributed by atoms with Gasteiger partial charge in [0.2, 0.25) is 0 Å². The molecule has 1 N–H and O–H groups in total. The number of benzene rings is 1. The Kier molecular flexibility index (Phi) is 4.13. The average molecular weight is 205 g/mol. The molecule has 1 aromatic carbocycles. The Bertz CT molecular complexity index is 456. The van der Waals surface area contributed by atoms with Crippen molar-refractivity contribution in [2.75, 3.05) is 6.61 Å². The number of ether oxygens (including phenoxy) is 1. The van der Waals surface area contributed by atoms with E-state index in [9.17, 15) is 0 Å². The maximum Gasteiger partial charge on any atom is 0.373 e. The zero-order valence-electron chi connectivity index (χ0n) is 8.32. The summed E-state index contributed by atoms with van der Waals surface area (Å²) in [7, 11) is 0. The Hall–Kier alpha value is -2.06. The lowest BCUT2D eigenvalue weighted by Gasteiger charge is -2.01. The fourth-order valence-corrected chi connectivity index (χ4v) is 1.29. The summed E-state index contributed by atoms with van der Waals surface area (Å²) in [6, 6.07) is 8.08. The monoisotopic (exact) mass is 205 g/mol. The van der Waals surface area contributed by atoms with Gasteiger partial charge in [0.25, 0.3) is 0 Å². The first-order valence-corrected chi connectivity index (χ1v) is 4.51. The minimum atomic E-state index is 0.250. The van der Waals surface area contributed by atoms with Crippen LogP contribution in [-0.2, 0) is 9.59 Å². The number of aromatic amines is 1. The Balaban J connectivity index is 0.000000337. The van der Waals surface area contributed by atoms with Crippen molar-refractivity contribution in [1.29, 1.82) is 0 Å². The topological polar surface area (TPSA) is 59.2 Å². The summed E-state index contributed by atoms with van der Waals surface area (Å²) in [5, 5.41) is 1.20. The van der Waals surface area contributed by atoms with Crippen LogP contribution in [0.15, 0.2) is 30.5 Å². The first-order chi connectivity index (χ1) is 7.31. The summed E-state index contributed by atoms with van der Waals surface area (Å²) in [6.07, 6.45) is 2.18. The maximum absolute atomic E-state index is 8.12. The van der Waals surface area contributed by atoms with E-state index in [0.29, 0.717) is 0 Å². The molecule has 0 radical (unpaired) electrons. The molecule has 78 valence electrons. The zero-order chi connectivity index (χ0) is 11.1. The lowest BCUT2D eigenvalue weighted by Crippen LogP contribution is -1.90. The molecule has 0 fully saturated rings. The van der Waals surface area contributed by atoms with Gasteiger partial charge in [-0.25, -0.2) is 0 Å². The molecule has 0 saturated carbocycles. The largest absolute Gasteiger partial charge is 0.494 e. The number of nitrogens with one attached hydrogen (secondary N) is 1. The van der Waals surface area contributed by atoms with Gasteiger partial charge in [0.1, 0.15) is 5.75 Å². The van der Waals surface area contributed by atoms with Gasteiger partial charge in [-0.15, -0.1) is 0 Å². The molecule has 4 heteroatoms. The van der Waals surface area contributed by atoms with Gasteiger partial charge >= 0.3 is 6.15 Å². The van der Waals surface area contributed by atoms with Crippen LogP contribution in [-0.4, -0.2) is 17.7 Å². The zero-order valence-corrected chi connectivity index (χ0v) is 8.32. The Labute approximate surface area is 86.9 Å². The molecule has 1 aromatic heterocycles. The number of rotatable bonds is 2. The van der Waals surface area contributed by atoms with E-state index in [1.54, 1.807) is 0 Å². The van der Waals surface area contributed by atoms with Gasteiger partial charge in [-0.2, -0.15) is 9.59 Å². The van der Waals surface area contributed by atoms with E-state index in [2.05, 4.69) is 4.98 Å². The quantitative estimate of drug-likeness (QED) is 0.815. The van der Waals surface area contributed by atoms with Gasteiger partial charge in [0.05, 0.1) is 6.61 Å². The van der Waals surface area contributed by atoms with Crippen molar-refractivity contribution < 1.29 is 14.3 Å². The van der Waals surface area contributed by atoms with Gasteiger partial charge in [-0.05, 0) is 31.2 Å². The molecular formula is C11H11NO3. The summed E-state index contributed by atoms with van der Waals surface area (Å²) in [5.74, 6) is 0.935. The summed E-state index contributed by atoms with van der Waals surface area (Å²) in [6.45, 7) is 2.71. The molecule has 4 nitrogen and oxygen atoms in total. The van der Waals surface area contributed by atoms with Gasteiger partial charge in [0.15, 0.2) is 0 Å². The third-order valence-corrected chi connectivity index (χ3v) is 1.84. The predicted molar refractivity (Wildman–Crippen MR) is 54.5 cm³/mol. The van der Waals surface area contributed by atoms with Crippen LogP contribution in [0.5, 0.6) is 5.75 Å². The van der Waals surface area contributed by atoms with Gasteiger partial charge in [-0.1, -0.05) is 0 Å². The van der Waals surface area contributed by atoms with Crippen molar-refractivity contribution in [2.24, 2.45) is 0 Å². The minimum Gasteiger partial charge on any atom is -0.494 e. The summed E-state index contributed by atoms with van der Waals surface area (Å²) in [4.78, 5) is 19.4. The molecule has 0 bridgehead atoms. The molecule has 0 amide bonds. The fraction of sp³-hybridized carbons (Fsp3) is 0.182. The Morgan fingerprint density at radius 2 is 2.07 bits per heavy atom. The molecule has 2 aromatic rings. The van der Waals surface area contributed by atoms with Crippen molar-refractivity contribution >= 4 is 17.1 Å². The van der Waals surface area contributed by atoms with Gasteiger partial charge < -0.3 is 9.72 Å². The number of aromatic nitrogens is 1. The minimum absolute atomic E-state index is 0.250. The second kappa shape index (κ2) is 5.62. The Morgan fingerprint density at radius 3 is 2.73 bits per heavy atom. The van der Waals surface area contributed by atoms with Crippen LogP contribution in [0.4, 0.5) is 0 Å². The molecule has 0 spiro atoms. The number of hydrogen-bond donors (Lipinski definition) is 1. The molecule has 0 saturated heterocycles. The van der Waals surface area contributed by atoms with Crippen molar-refractivity contribution in [3.63, 3.8) is 0 Å². The van der Waals surface area contributed by atoms with Crippen LogP contribution in [0.3, 0.4) is 0 Å². The summed E-state index contributed by atoms with van der Waals surface area (Å²) >= 11 is 0. The number of fused-ring (bicyclic) bond motifs is 1. The van der Waals surface area contributed by atoms with Crippen LogP contribution < -0.4 is 4.74 Å². The van der Waals surface area contributed by atoms with Crippen LogP contribution in [0.25, 0.3) is 10.9 Å². The van der Waals surface area contributed by atoms with E-state index in [1.165, 1.54) is 5.39 Å². The predicted octanol–water partition coefficient (Wildman–Crippen LogP) is 1.98. The molecule has 0 atom stereocenters. The SMILES string of the molecule is CCOc1ccc2[nH]ccc2c1.O=C=O. The first-order valence-electron chi connectivity index (χ1n) is 4.51. The highest BCUT2D eigenvalue weighted by molar-refractivity contribution is 5.80. The number of H-pyrrole nitrogens is 1. The van der Waals surface area contributed by atoms with E-state index in [4.69, 9.17) is 14.3 Å². The molecule has 0 aliphatic rings. The number of carbonyl (C=O) groups excluding carboxylic acids is 2. The third-order valence-electron chi connectivity index (χ3n) is 1.84. The molecular weight excluding hydrogens is 194 g/mol. The normalized spacial score (nSPS) is 8.87. The van der Waals surface area contributed by atoms with E-state index < -0.39 is 0 Å². The first kappa shape index (κ1) is 11.0. The van der Waals surface area contributed by atoms with Crippen molar-refractivity contribution in [1.82, 2.24) is 4.98 Å². The van der Waals surface area contributed by atoms with E-state index in [-0.39, 0.29) is 6.15 Å². The smallest absolute Gasteiger partial charge is 0.373 e. The molecule has 15 heavy (non-hydrogen) atoms. The highest BCUT2D eigenvalue weighted by Crippen LogP contribution is 2.19. The van der Waals surface area contributed by atoms with Gasteiger partial charge in [-0.3, -0.25) is 0 Å². The molecule has 2 rings (SSSR count). The lowest BCUT2D eigenvalue weighted by atomic mass is 10.2. The third kappa shape index (κ3) is 2.97. The average Bonchev–Trinajstić information content (AvgIpc) is 2.66. The molecule has 0 aliphatic carbocycles. The summed E-state index contributed by atoms with van der Waals surface area (Å²) in [5.41, 5.74) is 1.15. The Morgan fingerprint density at radius 1 is 1.33 bits per heavy atom. The van der Waals surface area contributed by atoms with Crippen molar-refractivity contribution in [2.45, 2.75) is 6.92 Å². The molecule has 0 aliphatic heterocycles. The van der Waals surface area contributed by atoms with Crippen molar-refractivity contribution in [3.8, 4) is 5.75 Å². The van der Waals surface area contributed by atoms with Crippen LogP contribution >= 0.6 is 0 Å². The van der Waals surface area contributed by atoms with Gasteiger partial charge in [0, 0.05) is 17.1 Å². The maximum atomic E-state index is 8.12. The number of hydrogen-bond acceptors (Lipinski definition) is 3. The lowest BCUT2D eigenvalue weighted by molar-refractivity contribution is -0.191. The second-order valence-electron chi connectivity index (χ2n) is 2.74. The van der Waals surface area contributed by atoms with E-state index >= 15 is 0 Å². The second-order valence-corrected chi connectivity index (χ2v) is 2.74. The van der Waals surface area contributed by atoms with Crippen LogP contribution in [0, 0.1) is 0 Å². The van der Waals surface area contributed by atoms with E-state index in [1.807, 2.05) is 37.4 Å². The highest BCUT2D eigenvalue weighted by atomic mass is 16.5. The van der Waals surface area contributed by atoms with Crippen molar-refractivity contribution in [3.05, 3.63) is 30.5 Å². The van der Waals surface area contributed by atoms with Crippen LogP contribution in [0.2, 0.25) is 0 Å².